The number of amides is 1. The molecule has 0 spiro atoms. The summed E-state index contributed by atoms with van der Waals surface area (Å²) in [6.07, 6.45) is 2.96. The molecule has 7 nitrogen and oxygen atoms in total. The van der Waals surface area contributed by atoms with E-state index in [-0.39, 0.29) is 11.7 Å². The monoisotopic (exact) mass is 412 g/mol. The standard InChI is InChI=1S/C22H29FN6O/c1-4-29-15(3)22(14(2)27-29)26-21(30)13-28-9-5-6-16(12-28)10-20-24-18-8-7-17(23)11-19(18)25-20/h7-8,11,16H,4-6,9-10,12-13H2,1-3H3,(H,24,25)(H,26,30). The van der Waals surface area contributed by atoms with Gasteiger partial charge in [0.2, 0.25) is 5.91 Å². The van der Waals surface area contributed by atoms with Crippen molar-refractivity contribution in [1.82, 2.24) is 24.6 Å². The van der Waals surface area contributed by atoms with E-state index in [0.717, 1.165) is 72.8 Å². The van der Waals surface area contributed by atoms with Gasteiger partial charge in [-0.25, -0.2) is 9.37 Å². The quantitative estimate of drug-likeness (QED) is 0.650. The number of likely N-dealkylation sites (tertiary alicyclic amines) is 1. The molecule has 1 atom stereocenters. The Kier molecular flexibility index (Phi) is 5.85. The van der Waals surface area contributed by atoms with Crippen LogP contribution in [0, 0.1) is 25.6 Å². The van der Waals surface area contributed by atoms with Gasteiger partial charge in [-0.2, -0.15) is 5.10 Å². The number of carbonyl (C=O) groups excluding carboxylic acids is 1. The van der Waals surface area contributed by atoms with Gasteiger partial charge in [0, 0.05) is 19.5 Å². The molecule has 0 saturated carbocycles. The van der Waals surface area contributed by atoms with E-state index in [2.05, 4.69) is 25.3 Å². The van der Waals surface area contributed by atoms with Crippen LogP contribution in [0.1, 0.15) is 37.0 Å². The second-order valence-corrected chi connectivity index (χ2v) is 8.20. The average Bonchev–Trinajstić information content (AvgIpc) is 3.22. The number of H-pyrrole nitrogens is 1. The summed E-state index contributed by atoms with van der Waals surface area (Å²) in [6.45, 7) is 8.87. The Balaban J connectivity index is 1.35. The molecule has 1 aromatic carbocycles. The highest BCUT2D eigenvalue weighted by atomic mass is 19.1. The zero-order valence-electron chi connectivity index (χ0n) is 17.8. The van der Waals surface area contributed by atoms with Crippen LogP contribution in [0.4, 0.5) is 10.1 Å². The fourth-order valence-electron chi connectivity index (χ4n) is 4.43. The summed E-state index contributed by atoms with van der Waals surface area (Å²) in [6, 6.07) is 4.61. The van der Waals surface area contributed by atoms with Crippen LogP contribution in [0.25, 0.3) is 11.0 Å². The van der Waals surface area contributed by atoms with E-state index in [4.69, 9.17) is 0 Å². The molecule has 4 rings (SSSR count). The van der Waals surface area contributed by atoms with Crippen molar-refractivity contribution in [1.29, 1.82) is 0 Å². The molecule has 2 N–H and O–H groups in total. The molecule has 1 unspecified atom stereocenters. The fraction of sp³-hybridized carbons (Fsp3) is 0.500. The average molecular weight is 413 g/mol. The van der Waals surface area contributed by atoms with Crippen molar-refractivity contribution in [3.05, 3.63) is 41.2 Å². The maximum absolute atomic E-state index is 13.4. The van der Waals surface area contributed by atoms with Gasteiger partial charge in [-0.3, -0.25) is 14.4 Å². The largest absolute Gasteiger partial charge is 0.342 e. The predicted molar refractivity (Wildman–Crippen MR) is 115 cm³/mol. The molecule has 1 aliphatic rings. The third-order valence-corrected chi connectivity index (χ3v) is 5.89. The first kappa shape index (κ1) is 20.5. The number of nitrogens with one attached hydrogen (secondary N) is 2. The smallest absolute Gasteiger partial charge is 0.238 e. The normalized spacial score (nSPS) is 17.5. The Morgan fingerprint density at radius 1 is 1.37 bits per heavy atom. The maximum Gasteiger partial charge on any atom is 0.238 e. The molecular formula is C22H29FN6O. The number of aryl methyl sites for hydroxylation is 2. The molecule has 1 amide bonds. The number of hydrogen-bond donors (Lipinski definition) is 2. The van der Waals surface area contributed by atoms with Gasteiger partial charge < -0.3 is 10.3 Å². The zero-order valence-corrected chi connectivity index (χ0v) is 17.8. The van der Waals surface area contributed by atoms with Gasteiger partial charge in [-0.15, -0.1) is 0 Å². The molecule has 0 bridgehead atoms. The van der Waals surface area contributed by atoms with E-state index in [1.54, 1.807) is 6.07 Å². The van der Waals surface area contributed by atoms with Crippen LogP contribution in [-0.4, -0.2) is 50.2 Å². The van der Waals surface area contributed by atoms with Crippen LogP contribution in [0.3, 0.4) is 0 Å². The molecule has 8 heteroatoms. The fourth-order valence-corrected chi connectivity index (χ4v) is 4.43. The van der Waals surface area contributed by atoms with E-state index in [0.29, 0.717) is 12.5 Å². The Labute approximate surface area is 175 Å². The van der Waals surface area contributed by atoms with Crippen molar-refractivity contribution >= 4 is 22.6 Å². The Bertz CT molecular complexity index is 1060. The predicted octanol–water partition coefficient (Wildman–Crippen LogP) is 3.43. The third-order valence-electron chi connectivity index (χ3n) is 5.89. The summed E-state index contributed by atoms with van der Waals surface area (Å²) in [5.41, 5.74) is 4.18. The van der Waals surface area contributed by atoms with Crippen LogP contribution in [0.5, 0.6) is 0 Å². The summed E-state index contributed by atoms with van der Waals surface area (Å²) in [5.74, 6) is 1.03. The second kappa shape index (κ2) is 8.55. The molecule has 30 heavy (non-hydrogen) atoms. The zero-order chi connectivity index (χ0) is 21.3. The van der Waals surface area contributed by atoms with E-state index >= 15 is 0 Å². The number of nitrogens with zero attached hydrogens (tertiary/aromatic N) is 4. The number of piperidine rings is 1. The first-order chi connectivity index (χ1) is 14.4. The van der Waals surface area contributed by atoms with Crippen LogP contribution >= 0.6 is 0 Å². The first-order valence-corrected chi connectivity index (χ1v) is 10.6. The van der Waals surface area contributed by atoms with Gasteiger partial charge >= 0.3 is 0 Å². The summed E-state index contributed by atoms with van der Waals surface area (Å²) in [7, 11) is 0. The third kappa shape index (κ3) is 4.38. The van der Waals surface area contributed by atoms with Gasteiger partial charge in [-0.1, -0.05) is 0 Å². The van der Waals surface area contributed by atoms with Crippen molar-refractivity contribution < 1.29 is 9.18 Å². The molecule has 2 aromatic heterocycles. The number of carbonyl (C=O) groups is 1. The number of imidazole rings is 1. The SMILES string of the molecule is CCn1nc(C)c(NC(=O)CN2CCCC(Cc3nc4ccc(F)cc4[nH]3)C2)c1C. The van der Waals surface area contributed by atoms with Crippen molar-refractivity contribution in [2.24, 2.45) is 5.92 Å². The van der Waals surface area contributed by atoms with Crippen molar-refractivity contribution in [2.45, 2.75) is 46.6 Å². The molecule has 0 aliphatic carbocycles. The van der Waals surface area contributed by atoms with Gasteiger partial charge in [0.25, 0.3) is 0 Å². The van der Waals surface area contributed by atoms with E-state index in [9.17, 15) is 9.18 Å². The minimum atomic E-state index is -0.262. The minimum Gasteiger partial charge on any atom is -0.342 e. The lowest BCUT2D eigenvalue weighted by atomic mass is 9.94. The first-order valence-electron chi connectivity index (χ1n) is 10.6. The summed E-state index contributed by atoms with van der Waals surface area (Å²) in [5, 5.41) is 7.52. The van der Waals surface area contributed by atoms with Crippen molar-refractivity contribution in [2.75, 3.05) is 25.0 Å². The summed E-state index contributed by atoms with van der Waals surface area (Å²) in [4.78, 5) is 22.7. The molecule has 160 valence electrons. The number of benzene rings is 1. The lowest BCUT2D eigenvalue weighted by molar-refractivity contribution is -0.117. The van der Waals surface area contributed by atoms with E-state index < -0.39 is 0 Å². The second-order valence-electron chi connectivity index (χ2n) is 8.20. The lowest BCUT2D eigenvalue weighted by Crippen LogP contribution is -2.41. The van der Waals surface area contributed by atoms with Crippen molar-refractivity contribution in [3.8, 4) is 0 Å². The highest BCUT2D eigenvalue weighted by molar-refractivity contribution is 5.93. The maximum atomic E-state index is 13.4. The van der Waals surface area contributed by atoms with Gasteiger partial charge in [0.15, 0.2) is 0 Å². The van der Waals surface area contributed by atoms with Gasteiger partial charge in [0.05, 0.1) is 34.7 Å². The van der Waals surface area contributed by atoms with Crippen LogP contribution < -0.4 is 5.32 Å². The highest BCUT2D eigenvalue weighted by Gasteiger charge is 2.24. The number of fused-ring (bicyclic) bond motifs is 1. The molecule has 3 aromatic rings. The van der Waals surface area contributed by atoms with Gasteiger partial charge in [0.1, 0.15) is 11.6 Å². The molecule has 1 aliphatic heterocycles. The number of rotatable bonds is 6. The molecule has 0 radical (unpaired) electrons. The van der Waals surface area contributed by atoms with Crippen molar-refractivity contribution in [3.63, 3.8) is 0 Å². The lowest BCUT2D eigenvalue weighted by Gasteiger charge is -2.31. The number of anilines is 1. The Hall–Kier alpha value is -2.74. The number of aromatic amines is 1. The summed E-state index contributed by atoms with van der Waals surface area (Å²) >= 11 is 0. The van der Waals surface area contributed by atoms with E-state index in [1.165, 1.54) is 12.1 Å². The topological polar surface area (TPSA) is 78.8 Å². The molecule has 1 fully saturated rings. The van der Waals surface area contributed by atoms with Crippen LogP contribution in [-0.2, 0) is 17.8 Å². The Morgan fingerprint density at radius 2 is 2.20 bits per heavy atom. The van der Waals surface area contributed by atoms with Crippen LogP contribution in [0.2, 0.25) is 0 Å². The number of hydrogen-bond acceptors (Lipinski definition) is 4. The van der Waals surface area contributed by atoms with Gasteiger partial charge in [-0.05, 0) is 64.3 Å². The number of halogens is 1. The minimum absolute atomic E-state index is 0.00304. The molecule has 1 saturated heterocycles. The Morgan fingerprint density at radius 3 is 2.97 bits per heavy atom. The highest BCUT2D eigenvalue weighted by Crippen LogP contribution is 2.23. The van der Waals surface area contributed by atoms with Crippen LogP contribution in [0.15, 0.2) is 18.2 Å². The summed E-state index contributed by atoms with van der Waals surface area (Å²) < 4.78 is 15.3. The van der Waals surface area contributed by atoms with E-state index in [1.807, 2.05) is 25.5 Å². The molecule has 3 heterocycles. The molecular weight excluding hydrogens is 383 g/mol. The number of aromatic nitrogens is 4.